The van der Waals surface area contributed by atoms with E-state index in [0.29, 0.717) is 5.54 Å². The van der Waals surface area contributed by atoms with E-state index >= 15 is 0 Å². The molecule has 82 valence electrons. The van der Waals surface area contributed by atoms with Crippen molar-refractivity contribution in [1.82, 2.24) is 4.90 Å². The van der Waals surface area contributed by atoms with E-state index in [1.54, 1.807) is 0 Å². The lowest BCUT2D eigenvalue weighted by Crippen LogP contribution is -2.64. The third kappa shape index (κ3) is 1.94. The van der Waals surface area contributed by atoms with Crippen LogP contribution >= 0.6 is 23.5 Å². The summed E-state index contributed by atoms with van der Waals surface area (Å²) >= 11 is 4.07. The topological polar surface area (TPSA) is 29.3 Å². The number of rotatable bonds is 3. The second-order valence-corrected chi connectivity index (χ2v) is 6.47. The Hall–Kier alpha value is 0.620. The van der Waals surface area contributed by atoms with Crippen molar-refractivity contribution in [3.63, 3.8) is 0 Å². The van der Waals surface area contributed by atoms with Gasteiger partial charge in [0.05, 0.1) is 5.54 Å². The molecule has 0 spiro atoms. The maximum Gasteiger partial charge on any atom is 0.0512 e. The molecule has 0 radical (unpaired) electrons. The molecule has 2 saturated heterocycles. The van der Waals surface area contributed by atoms with Gasteiger partial charge in [-0.25, -0.2) is 0 Å². The predicted molar refractivity (Wildman–Crippen MR) is 67.2 cm³/mol. The largest absolute Gasteiger partial charge is 0.329 e. The molecule has 0 atom stereocenters. The van der Waals surface area contributed by atoms with Gasteiger partial charge in [-0.1, -0.05) is 0 Å². The number of hydrogen-bond donors (Lipinski definition) is 1. The van der Waals surface area contributed by atoms with Crippen LogP contribution in [-0.2, 0) is 0 Å². The summed E-state index contributed by atoms with van der Waals surface area (Å²) in [6.07, 6.45) is 4.94. The van der Waals surface area contributed by atoms with E-state index in [1.165, 1.54) is 37.4 Å². The van der Waals surface area contributed by atoms with Gasteiger partial charge in [0.15, 0.2) is 0 Å². The summed E-state index contributed by atoms with van der Waals surface area (Å²) < 4.78 is 0. The van der Waals surface area contributed by atoms with Crippen molar-refractivity contribution < 1.29 is 0 Å². The van der Waals surface area contributed by atoms with Crippen LogP contribution in [0.5, 0.6) is 0 Å². The lowest BCUT2D eigenvalue weighted by Gasteiger charge is -2.51. The molecule has 2 aliphatic rings. The third-order valence-corrected chi connectivity index (χ3v) is 6.19. The fourth-order valence-electron chi connectivity index (χ4n) is 2.33. The van der Waals surface area contributed by atoms with Crippen molar-refractivity contribution in [3.05, 3.63) is 0 Å². The number of hydrogen-bond acceptors (Lipinski definition) is 4. The first-order valence-electron chi connectivity index (χ1n) is 5.36. The van der Waals surface area contributed by atoms with Crippen LogP contribution in [0.15, 0.2) is 0 Å². The fraction of sp³-hybridized carbons (Fsp3) is 1.00. The molecule has 0 aromatic rings. The minimum atomic E-state index is 0.383. The zero-order valence-electron chi connectivity index (χ0n) is 8.87. The van der Waals surface area contributed by atoms with Crippen LogP contribution in [0.2, 0.25) is 0 Å². The van der Waals surface area contributed by atoms with Gasteiger partial charge in [-0.05, 0) is 32.2 Å². The molecule has 0 saturated carbocycles. The predicted octanol–water partition coefficient (Wildman–Crippen LogP) is 1.26. The van der Waals surface area contributed by atoms with Crippen molar-refractivity contribution in [2.45, 2.75) is 23.6 Å². The highest BCUT2D eigenvalue weighted by Gasteiger charge is 2.42. The fourth-order valence-corrected chi connectivity index (χ4v) is 4.29. The van der Waals surface area contributed by atoms with Crippen LogP contribution in [0.25, 0.3) is 0 Å². The smallest absolute Gasteiger partial charge is 0.0512 e. The molecule has 0 amide bonds. The summed E-state index contributed by atoms with van der Waals surface area (Å²) in [5, 5.41) is 0.897. The first-order chi connectivity index (χ1) is 6.80. The van der Waals surface area contributed by atoms with E-state index in [0.717, 1.165) is 11.8 Å². The van der Waals surface area contributed by atoms with Crippen molar-refractivity contribution in [2.75, 3.05) is 37.4 Å². The van der Waals surface area contributed by atoms with E-state index in [4.69, 9.17) is 5.73 Å². The lowest BCUT2D eigenvalue weighted by molar-refractivity contribution is 0.103. The molecule has 4 heteroatoms. The van der Waals surface area contributed by atoms with Crippen molar-refractivity contribution in [1.29, 1.82) is 0 Å². The Balaban J connectivity index is 1.88. The summed E-state index contributed by atoms with van der Waals surface area (Å²) in [6, 6.07) is 0. The number of nitrogens with two attached hydrogens (primary N) is 1. The first-order valence-corrected chi connectivity index (χ1v) is 7.81. The Bertz CT molecular complexity index is 181. The van der Waals surface area contributed by atoms with Gasteiger partial charge < -0.3 is 5.73 Å². The average molecular weight is 232 g/mol. The molecule has 14 heavy (non-hydrogen) atoms. The van der Waals surface area contributed by atoms with Crippen LogP contribution in [0.4, 0.5) is 0 Å². The van der Waals surface area contributed by atoms with Gasteiger partial charge >= 0.3 is 0 Å². The Kier molecular flexibility index (Phi) is 3.68. The van der Waals surface area contributed by atoms with Crippen molar-refractivity contribution in [3.8, 4) is 0 Å². The van der Waals surface area contributed by atoms with Gasteiger partial charge in [0, 0.05) is 23.3 Å². The highest BCUT2D eigenvalue weighted by atomic mass is 32.2. The highest BCUT2D eigenvalue weighted by molar-refractivity contribution is 8.00. The maximum absolute atomic E-state index is 5.91. The zero-order chi connectivity index (χ0) is 10.0. The minimum absolute atomic E-state index is 0.383. The molecule has 2 nitrogen and oxygen atoms in total. The number of likely N-dealkylation sites (tertiary alicyclic amines) is 1. The Labute approximate surface area is 95.4 Å². The molecule has 2 N–H and O–H groups in total. The molecule has 0 unspecified atom stereocenters. The summed E-state index contributed by atoms with van der Waals surface area (Å²) in [7, 11) is 0. The van der Waals surface area contributed by atoms with Crippen LogP contribution in [0, 0.1) is 0 Å². The summed E-state index contributed by atoms with van der Waals surface area (Å²) in [5.41, 5.74) is 6.29. The van der Waals surface area contributed by atoms with E-state index in [2.05, 4.69) is 11.2 Å². The van der Waals surface area contributed by atoms with Gasteiger partial charge in [0.2, 0.25) is 0 Å². The summed E-state index contributed by atoms with van der Waals surface area (Å²) in [6.45, 7) is 3.39. The quantitative estimate of drug-likeness (QED) is 0.793. The van der Waals surface area contributed by atoms with Crippen LogP contribution in [0.3, 0.4) is 0 Å². The van der Waals surface area contributed by atoms with Gasteiger partial charge in [-0.3, -0.25) is 4.90 Å². The molecule has 2 fully saturated rings. The van der Waals surface area contributed by atoms with Crippen molar-refractivity contribution >= 4 is 23.5 Å². The van der Waals surface area contributed by atoms with Crippen molar-refractivity contribution in [2.24, 2.45) is 5.73 Å². The highest BCUT2D eigenvalue weighted by Crippen LogP contribution is 2.36. The summed E-state index contributed by atoms with van der Waals surface area (Å²) in [4.78, 5) is 2.65. The molecule has 0 aromatic heterocycles. The second-order valence-electron chi connectivity index (χ2n) is 4.34. The molecule has 2 heterocycles. The van der Waals surface area contributed by atoms with E-state index < -0.39 is 0 Å². The van der Waals surface area contributed by atoms with E-state index in [9.17, 15) is 0 Å². The Morgan fingerprint density at radius 1 is 1.43 bits per heavy atom. The molecule has 0 bridgehead atoms. The van der Waals surface area contributed by atoms with Gasteiger partial charge in [0.1, 0.15) is 0 Å². The third-order valence-electron chi connectivity index (χ3n) is 3.57. The number of piperidine rings is 1. The van der Waals surface area contributed by atoms with E-state index in [1.807, 2.05) is 23.5 Å². The Morgan fingerprint density at radius 3 is 2.43 bits per heavy atom. The number of thioether (sulfide) groups is 2. The molecule has 0 aromatic carbocycles. The average Bonchev–Trinajstić information content (AvgIpc) is 2.18. The van der Waals surface area contributed by atoms with Gasteiger partial charge in [-0.2, -0.15) is 23.5 Å². The van der Waals surface area contributed by atoms with Gasteiger partial charge in [-0.15, -0.1) is 0 Å². The monoisotopic (exact) mass is 232 g/mol. The SMILES string of the molecule is CSC1CCN(C2(CN)CSC2)CC1. The first kappa shape index (κ1) is 11.1. The molecular weight excluding hydrogens is 212 g/mol. The summed E-state index contributed by atoms with van der Waals surface area (Å²) in [5.74, 6) is 2.51. The minimum Gasteiger partial charge on any atom is -0.329 e. The normalized spacial score (nSPS) is 28.7. The van der Waals surface area contributed by atoms with Crippen LogP contribution in [0.1, 0.15) is 12.8 Å². The number of nitrogens with zero attached hydrogens (tertiary/aromatic N) is 1. The van der Waals surface area contributed by atoms with Crippen LogP contribution in [-0.4, -0.2) is 53.1 Å². The van der Waals surface area contributed by atoms with E-state index in [-0.39, 0.29) is 0 Å². The van der Waals surface area contributed by atoms with Gasteiger partial charge in [0.25, 0.3) is 0 Å². The molecule has 0 aliphatic carbocycles. The Morgan fingerprint density at radius 2 is 2.07 bits per heavy atom. The standard InChI is InChI=1S/C10H20N2S2/c1-13-9-2-4-12(5-3-9)10(6-11)7-14-8-10/h9H,2-8,11H2,1H3. The lowest BCUT2D eigenvalue weighted by atomic mass is 9.97. The zero-order valence-corrected chi connectivity index (χ0v) is 10.5. The van der Waals surface area contributed by atoms with Crippen LogP contribution < -0.4 is 5.73 Å². The maximum atomic E-state index is 5.91. The second kappa shape index (κ2) is 4.64. The molecule has 2 rings (SSSR count). The molecular formula is C10H20N2S2. The molecule has 2 aliphatic heterocycles.